The van der Waals surface area contributed by atoms with Crippen molar-refractivity contribution >= 4 is 23.2 Å². The fourth-order valence-electron chi connectivity index (χ4n) is 4.60. The van der Waals surface area contributed by atoms with Crippen molar-refractivity contribution in [3.63, 3.8) is 0 Å². The molecular weight excluding hydrogens is 440 g/mol. The number of carbonyl (C=O) groups is 1. The molecule has 7 heteroatoms. The summed E-state index contributed by atoms with van der Waals surface area (Å²) in [5.41, 5.74) is 0.665. The van der Waals surface area contributed by atoms with Crippen molar-refractivity contribution in [2.75, 3.05) is 31.6 Å². The van der Waals surface area contributed by atoms with Gasteiger partial charge in [0.1, 0.15) is 30.3 Å². The largest absolute Gasteiger partial charge is 0.489 e. The number of para-hydroxylation sites is 2. The highest BCUT2D eigenvalue weighted by Gasteiger charge is 2.26. The lowest BCUT2D eigenvalue weighted by molar-refractivity contribution is -0.120. The number of amides is 1. The highest BCUT2D eigenvalue weighted by molar-refractivity contribution is 6.30. The molecule has 2 atom stereocenters. The molecule has 33 heavy (non-hydrogen) atoms. The lowest BCUT2D eigenvalue weighted by Gasteiger charge is -2.23. The minimum absolute atomic E-state index is 0.0649. The first-order valence-corrected chi connectivity index (χ1v) is 12.3. The van der Waals surface area contributed by atoms with Crippen LogP contribution in [0.15, 0.2) is 48.5 Å². The number of carbonyl (C=O) groups excluding carboxylic acids is 1. The van der Waals surface area contributed by atoms with Crippen LogP contribution in [0.25, 0.3) is 0 Å². The lowest BCUT2D eigenvalue weighted by Crippen LogP contribution is -2.35. The molecule has 0 spiro atoms. The third-order valence-corrected chi connectivity index (χ3v) is 6.62. The molecule has 1 amide bonds. The number of nitrogens with one attached hydrogen (secondary N) is 1. The summed E-state index contributed by atoms with van der Waals surface area (Å²) in [5.74, 6) is 1.54. The van der Waals surface area contributed by atoms with Gasteiger partial charge in [-0.1, -0.05) is 43.0 Å². The Morgan fingerprint density at radius 2 is 1.85 bits per heavy atom. The van der Waals surface area contributed by atoms with Crippen molar-refractivity contribution in [1.82, 2.24) is 4.90 Å². The molecule has 1 aliphatic heterocycles. The Balaban J connectivity index is 1.22. The Hall–Kier alpha value is -2.28. The van der Waals surface area contributed by atoms with Gasteiger partial charge in [0.25, 0.3) is 0 Å². The second-order valence-electron chi connectivity index (χ2n) is 9.03. The summed E-state index contributed by atoms with van der Waals surface area (Å²) >= 11 is 5.93. The molecule has 4 rings (SSSR count). The summed E-state index contributed by atoms with van der Waals surface area (Å²) < 4.78 is 11.9. The SMILES string of the molecule is O=C(Nc1ccccc1OCC(O)CN1CCC(Oc2ccc(Cl)cc2)C1)C1CCCCC1. The van der Waals surface area contributed by atoms with E-state index in [2.05, 4.69) is 10.2 Å². The molecule has 0 bridgehead atoms. The zero-order valence-corrected chi connectivity index (χ0v) is 19.7. The third kappa shape index (κ3) is 7.10. The van der Waals surface area contributed by atoms with Crippen molar-refractivity contribution in [2.24, 2.45) is 5.92 Å². The Morgan fingerprint density at radius 3 is 2.64 bits per heavy atom. The van der Waals surface area contributed by atoms with E-state index in [1.165, 1.54) is 6.42 Å². The van der Waals surface area contributed by atoms with Crippen molar-refractivity contribution in [1.29, 1.82) is 0 Å². The zero-order valence-electron chi connectivity index (χ0n) is 18.9. The van der Waals surface area contributed by atoms with Gasteiger partial charge in [-0.15, -0.1) is 0 Å². The van der Waals surface area contributed by atoms with E-state index >= 15 is 0 Å². The molecule has 6 nitrogen and oxygen atoms in total. The molecule has 2 aromatic rings. The Morgan fingerprint density at radius 1 is 1.09 bits per heavy atom. The van der Waals surface area contributed by atoms with E-state index < -0.39 is 6.10 Å². The number of rotatable bonds is 9. The topological polar surface area (TPSA) is 71.0 Å². The van der Waals surface area contributed by atoms with Crippen LogP contribution < -0.4 is 14.8 Å². The highest BCUT2D eigenvalue weighted by Crippen LogP contribution is 2.28. The van der Waals surface area contributed by atoms with Gasteiger partial charge in [-0.25, -0.2) is 0 Å². The number of halogens is 1. The minimum atomic E-state index is -0.638. The summed E-state index contributed by atoms with van der Waals surface area (Å²) in [6, 6.07) is 14.8. The summed E-state index contributed by atoms with van der Waals surface area (Å²) in [7, 11) is 0. The van der Waals surface area contributed by atoms with Gasteiger partial charge >= 0.3 is 0 Å². The van der Waals surface area contributed by atoms with Gasteiger partial charge in [-0.05, 0) is 55.7 Å². The summed E-state index contributed by atoms with van der Waals surface area (Å²) in [5, 5.41) is 14.3. The van der Waals surface area contributed by atoms with Gasteiger partial charge in [0.15, 0.2) is 0 Å². The van der Waals surface area contributed by atoms with Crippen molar-refractivity contribution in [3.05, 3.63) is 53.6 Å². The minimum Gasteiger partial charge on any atom is -0.489 e. The highest BCUT2D eigenvalue weighted by atomic mass is 35.5. The summed E-state index contributed by atoms with van der Waals surface area (Å²) in [4.78, 5) is 14.8. The number of aliphatic hydroxyl groups excluding tert-OH is 1. The van der Waals surface area contributed by atoms with Gasteiger partial charge in [-0.2, -0.15) is 0 Å². The molecule has 2 aliphatic rings. The zero-order chi connectivity index (χ0) is 23.0. The number of ether oxygens (including phenoxy) is 2. The van der Waals surface area contributed by atoms with E-state index in [-0.39, 0.29) is 24.5 Å². The van der Waals surface area contributed by atoms with Crippen molar-refractivity contribution in [2.45, 2.75) is 50.7 Å². The quantitative estimate of drug-likeness (QED) is 0.551. The lowest BCUT2D eigenvalue weighted by atomic mass is 9.88. The first kappa shape index (κ1) is 23.9. The van der Waals surface area contributed by atoms with E-state index in [9.17, 15) is 9.90 Å². The monoisotopic (exact) mass is 472 g/mol. The average molecular weight is 473 g/mol. The summed E-state index contributed by atoms with van der Waals surface area (Å²) in [6.45, 7) is 2.30. The number of anilines is 1. The number of benzene rings is 2. The standard InChI is InChI=1S/C26H33ClN2O4/c27-20-10-12-22(13-11-20)33-23-14-15-29(17-23)16-21(30)18-32-25-9-5-4-8-24(25)28-26(31)19-6-2-1-3-7-19/h4-5,8-13,19,21,23,30H,1-3,6-7,14-18H2,(H,28,31). The van der Waals surface area contributed by atoms with Crippen molar-refractivity contribution in [3.8, 4) is 11.5 Å². The normalized spacial score (nSPS) is 20.4. The predicted molar refractivity (Wildman–Crippen MR) is 130 cm³/mol. The van der Waals surface area contributed by atoms with Crippen LogP contribution in [0.2, 0.25) is 5.02 Å². The van der Waals surface area contributed by atoms with E-state index in [4.69, 9.17) is 21.1 Å². The first-order valence-electron chi connectivity index (χ1n) is 11.9. The van der Waals surface area contributed by atoms with Crippen LogP contribution >= 0.6 is 11.6 Å². The molecule has 0 aromatic heterocycles. The number of nitrogens with zero attached hydrogens (tertiary/aromatic N) is 1. The maximum Gasteiger partial charge on any atom is 0.227 e. The number of β-amino-alcohol motifs (C(OH)–C–C–N with tert-alkyl or cyclic N) is 1. The van der Waals surface area contributed by atoms with Crippen LogP contribution in [0.1, 0.15) is 38.5 Å². The number of likely N-dealkylation sites (tertiary alicyclic amines) is 1. The molecule has 178 valence electrons. The predicted octanol–water partition coefficient (Wildman–Crippen LogP) is 4.75. The maximum atomic E-state index is 12.6. The molecule has 2 unspecified atom stereocenters. The van der Waals surface area contributed by atoms with E-state index in [0.29, 0.717) is 23.0 Å². The summed E-state index contributed by atoms with van der Waals surface area (Å²) in [6.07, 6.45) is 5.71. The van der Waals surface area contributed by atoms with Gasteiger partial charge in [0.05, 0.1) is 5.69 Å². The smallest absolute Gasteiger partial charge is 0.227 e. The third-order valence-electron chi connectivity index (χ3n) is 6.37. The van der Waals surface area contributed by atoms with Gasteiger partial charge in [0.2, 0.25) is 5.91 Å². The Labute approximate surface area is 200 Å². The molecule has 0 radical (unpaired) electrons. The van der Waals surface area contributed by atoms with Crippen molar-refractivity contribution < 1.29 is 19.4 Å². The second kappa shape index (κ2) is 11.7. The molecule has 2 aromatic carbocycles. The van der Waals surface area contributed by atoms with Crippen LogP contribution in [0.3, 0.4) is 0 Å². The molecule has 1 saturated carbocycles. The van der Waals surface area contributed by atoms with Crippen LogP contribution in [0.5, 0.6) is 11.5 Å². The van der Waals surface area contributed by atoms with E-state index in [1.807, 2.05) is 48.5 Å². The molecule has 1 aliphatic carbocycles. The van der Waals surface area contributed by atoms with Crippen LogP contribution in [0, 0.1) is 5.92 Å². The van der Waals surface area contributed by atoms with Crippen LogP contribution in [-0.2, 0) is 4.79 Å². The van der Waals surface area contributed by atoms with E-state index in [1.54, 1.807) is 0 Å². The fourth-order valence-corrected chi connectivity index (χ4v) is 4.72. The molecule has 2 fully saturated rings. The number of hydrogen-bond donors (Lipinski definition) is 2. The molecular formula is C26H33ClN2O4. The molecule has 1 heterocycles. The average Bonchev–Trinajstić information content (AvgIpc) is 3.27. The van der Waals surface area contributed by atoms with E-state index in [0.717, 1.165) is 50.9 Å². The van der Waals surface area contributed by atoms with Crippen LogP contribution in [-0.4, -0.2) is 54.4 Å². The van der Waals surface area contributed by atoms with Crippen LogP contribution in [0.4, 0.5) is 5.69 Å². The number of aliphatic hydroxyl groups is 1. The van der Waals surface area contributed by atoms with Gasteiger partial charge in [-0.3, -0.25) is 9.69 Å². The Bertz CT molecular complexity index is 901. The maximum absolute atomic E-state index is 12.6. The Kier molecular flexibility index (Phi) is 8.48. The second-order valence-corrected chi connectivity index (χ2v) is 9.46. The number of hydrogen-bond acceptors (Lipinski definition) is 5. The van der Waals surface area contributed by atoms with Gasteiger partial charge in [0, 0.05) is 30.6 Å². The van der Waals surface area contributed by atoms with Gasteiger partial charge < -0.3 is 19.9 Å². The molecule has 2 N–H and O–H groups in total. The first-order chi connectivity index (χ1) is 16.1. The molecule has 1 saturated heterocycles. The fraction of sp³-hybridized carbons (Fsp3) is 0.500.